The average molecular weight is 803 g/mol. The van der Waals surface area contributed by atoms with Gasteiger partial charge in [0.2, 0.25) is 0 Å². The van der Waals surface area contributed by atoms with Gasteiger partial charge in [0.05, 0.1) is 30.2 Å². The van der Waals surface area contributed by atoms with Crippen LogP contribution in [0.15, 0.2) is 54.6 Å². The lowest BCUT2D eigenvalue weighted by molar-refractivity contribution is 0.231. The molecule has 4 unspecified atom stereocenters. The topological polar surface area (TPSA) is 84.7 Å². The Morgan fingerprint density at radius 1 is 0.593 bits per heavy atom. The smallest absolute Gasteiger partial charge is 0.164 e. The molecular weight excluding hydrogens is 729 g/mol. The highest BCUT2D eigenvalue weighted by Gasteiger charge is 2.29. The Balaban J connectivity index is 1.61. The zero-order valence-corrected chi connectivity index (χ0v) is 37.9. The molecule has 4 atom stereocenters. The van der Waals surface area contributed by atoms with Crippen molar-refractivity contribution in [2.24, 2.45) is 17.8 Å². The lowest BCUT2D eigenvalue weighted by Crippen LogP contribution is -2.14. The van der Waals surface area contributed by atoms with E-state index in [0.29, 0.717) is 82.2 Å². The summed E-state index contributed by atoms with van der Waals surface area (Å²) in [6, 6.07) is 16.6. The van der Waals surface area contributed by atoms with Crippen molar-refractivity contribution >= 4 is 5.57 Å². The van der Waals surface area contributed by atoms with Gasteiger partial charge in [0.1, 0.15) is 23.0 Å². The molecule has 320 valence electrons. The molecule has 0 saturated heterocycles. The van der Waals surface area contributed by atoms with Crippen molar-refractivity contribution in [3.63, 3.8) is 0 Å². The number of fused-ring (bicyclic) bond motifs is 1. The number of hydrogen-bond donors (Lipinski definition) is 2. The first kappa shape index (κ1) is 45.8. The molecule has 2 N–H and O–H groups in total. The number of nitrogens with zero attached hydrogens (tertiary/aromatic N) is 2. The monoisotopic (exact) mass is 803 g/mol. The molecule has 0 spiro atoms. The van der Waals surface area contributed by atoms with Gasteiger partial charge in [-0.1, -0.05) is 136 Å². The van der Waals surface area contributed by atoms with Gasteiger partial charge in [-0.15, -0.1) is 0 Å². The molecule has 59 heavy (non-hydrogen) atoms. The maximum absolute atomic E-state index is 11.9. The highest BCUT2D eigenvalue weighted by atomic mass is 16.5. The number of ether oxygens (including phenoxy) is 2. The maximum Gasteiger partial charge on any atom is 0.164 e. The van der Waals surface area contributed by atoms with E-state index in [-0.39, 0.29) is 11.5 Å². The number of phenolic OH excluding ortho intramolecular Hbond substituents is 2. The first-order chi connectivity index (χ1) is 28.6. The Morgan fingerprint density at radius 3 is 1.66 bits per heavy atom. The van der Waals surface area contributed by atoms with E-state index in [1.165, 1.54) is 68.9 Å². The van der Waals surface area contributed by atoms with Gasteiger partial charge >= 0.3 is 0 Å². The summed E-state index contributed by atoms with van der Waals surface area (Å²) in [7, 11) is 0. The standard InChI is InChI=1S/C53H74N2O4/c1-10-16-21-38(13-4)32-41-26-27-44(43-25-20-19-24-42(41)43)49-37(9)50(45-28-30-47(35(7)51(45)56)58-33-39(14-5)22-17-11-2)55-53(54-49)46-29-31-48(36(8)52(46)57)59-34-40(15-6)23-18-12-3/h19-20,24-25,27-31,38-41,56-57H,10-18,21-23,26,32-34H2,1-9H3. The zero-order chi connectivity index (χ0) is 42.5. The predicted octanol–water partition coefficient (Wildman–Crippen LogP) is 14.9. The van der Waals surface area contributed by atoms with E-state index in [2.05, 4.69) is 78.8 Å². The average Bonchev–Trinajstić information content (AvgIpc) is 3.25. The van der Waals surface area contributed by atoms with Crippen molar-refractivity contribution in [3.8, 4) is 45.6 Å². The molecule has 1 aliphatic rings. The summed E-state index contributed by atoms with van der Waals surface area (Å²) in [5.41, 5.74) is 8.48. The second-order valence-electron chi connectivity index (χ2n) is 17.3. The molecule has 1 heterocycles. The number of benzene rings is 3. The number of phenols is 2. The molecular formula is C53H74N2O4. The van der Waals surface area contributed by atoms with Crippen LogP contribution >= 0.6 is 0 Å². The van der Waals surface area contributed by atoms with Crippen LogP contribution in [-0.2, 0) is 0 Å². The summed E-state index contributed by atoms with van der Waals surface area (Å²) >= 11 is 0. The summed E-state index contributed by atoms with van der Waals surface area (Å²) in [6.45, 7) is 20.6. The fraction of sp³-hybridized carbons (Fsp3) is 0.547. The summed E-state index contributed by atoms with van der Waals surface area (Å²) in [5.74, 6) is 4.13. The third-order valence-corrected chi connectivity index (χ3v) is 13.2. The lowest BCUT2D eigenvalue weighted by atomic mass is 9.76. The Labute approximate surface area is 356 Å². The molecule has 0 radical (unpaired) electrons. The molecule has 0 bridgehead atoms. The van der Waals surface area contributed by atoms with Crippen molar-refractivity contribution < 1.29 is 19.7 Å². The normalized spacial score (nSPS) is 15.3. The largest absolute Gasteiger partial charge is 0.507 e. The Kier molecular flexibility index (Phi) is 17.3. The Bertz CT molecular complexity index is 2000. The number of aromatic hydroxyl groups is 2. The minimum atomic E-state index is 0.110. The van der Waals surface area contributed by atoms with Gasteiger partial charge in [-0.3, -0.25) is 0 Å². The quantitative estimate of drug-likeness (QED) is 0.0777. The van der Waals surface area contributed by atoms with Crippen LogP contribution in [0, 0.1) is 38.5 Å². The van der Waals surface area contributed by atoms with Crippen LogP contribution in [-0.4, -0.2) is 33.4 Å². The minimum Gasteiger partial charge on any atom is -0.507 e. The van der Waals surface area contributed by atoms with E-state index in [9.17, 15) is 10.2 Å². The summed E-state index contributed by atoms with van der Waals surface area (Å²) in [6.07, 6.45) is 18.5. The Hall–Kier alpha value is -4.32. The molecule has 0 fully saturated rings. The van der Waals surface area contributed by atoms with Gasteiger partial charge in [0.15, 0.2) is 5.82 Å². The summed E-state index contributed by atoms with van der Waals surface area (Å²) in [5, 5.41) is 23.8. The van der Waals surface area contributed by atoms with Gasteiger partial charge in [-0.05, 0) is 106 Å². The van der Waals surface area contributed by atoms with Crippen LogP contribution in [0.4, 0.5) is 0 Å². The third-order valence-electron chi connectivity index (χ3n) is 13.2. The highest BCUT2D eigenvalue weighted by Crippen LogP contribution is 2.46. The van der Waals surface area contributed by atoms with E-state index >= 15 is 0 Å². The summed E-state index contributed by atoms with van der Waals surface area (Å²) < 4.78 is 12.7. The van der Waals surface area contributed by atoms with Crippen LogP contribution in [0.3, 0.4) is 0 Å². The molecule has 5 rings (SSSR count). The molecule has 0 saturated carbocycles. The molecule has 0 aliphatic heterocycles. The van der Waals surface area contributed by atoms with E-state index in [1.54, 1.807) is 0 Å². The molecule has 6 nitrogen and oxygen atoms in total. The fourth-order valence-electron chi connectivity index (χ4n) is 8.85. The number of allylic oxidation sites excluding steroid dienone is 1. The number of aromatic nitrogens is 2. The van der Waals surface area contributed by atoms with E-state index in [1.807, 2.05) is 38.1 Å². The van der Waals surface area contributed by atoms with Crippen LogP contribution in [0.25, 0.3) is 28.2 Å². The predicted molar refractivity (Wildman–Crippen MR) is 247 cm³/mol. The Morgan fingerprint density at radius 2 is 1.10 bits per heavy atom. The van der Waals surface area contributed by atoms with Crippen molar-refractivity contribution in [1.29, 1.82) is 0 Å². The van der Waals surface area contributed by atoms with Crippen molar-refractivity contribution in [2.45, 2.75) is 158 Å². The number of unbranched alkanes of at least 4 members (excludes halogenated alkanes) is 3. The highest BCUT2D eigenvalue weighted by molar-refractivity contribution is 5.87. The minimum absolute atomic E-state index is 0.110. The van der Waals surface area contributed by atoms with Crippen LogP contribution in [0.5, 0.6) is 23.0 Å². The summed E-state index contributed by atoms with van der Waals surface area (Å²) in [4.78, 5) is 10.5. The molecule has 1 aliphatic carbocycles. The molecule has 1 aromatic heterocycles. The van der Waals surface area contributed by atoms with Gasteiger partial charge in [0.25, 0.3) is 0 Å². The molecule has 3 aromatic carbocycles. The third kappa shape index (κ3) is 11.1. The number of hydrogen-bond acceptors (Lipinski definition) is 6. The number of rotatable bonds is 23. The van der Waals surface area contributed by atoms with Gasteiger partial charge in [-0.25, -0.2) is 9.97 Å². The zero-order valence-electron chi connectivity index (χ0n) is 37.9. The van der Waals surface area contributed by atoms with Gasteiger partial charge in [0, 0.05) is 27.8 Å². The molecule has 0 amide bonds. The van der Waals surface area contributed by atoms with Gasteiger partial charge < -0.3 is 19.7 Å². The molecule has 6 heteroatoms. The second-order valence-corrected chi connectivity index (χ2v) is 17.3. The second kappa shape index (κ2) is 22.3. The van der Waals surface area contributed by atoms with E-state index < -0.39 is 0 Å². The van der Waals surface area contributed by atoms with Crippen LogP contribution in [0.1, 0.15) is 171 Å². The maximum atomic E-state index is 11.9. The van der Waals surface area contributed by atoms with Crippen molar-refractivity contribution in [1.82, 2.24) is 9.97 Å². The van der Waals surface area contributed by atoms with Gasteiger partial charge in [-0.2, -0.15) is 0 Å². The molecule has 4 aromatic rings. The lowest BCUT2D eigenvalue weighted by Gasteiger charge is -2.29. The van der Waals surface area contributed by atoms with Crippen molar-refractivity contribution in [2.75, 3.05) is 13.2 Å². The van der Waals surface area contributed by atoms with Crippen LogP contribution < -0.4 is 9.47 Å². The van der Waals surface area contributed by atoms with E-state index in [4.69, 9.17) is 19.4 Å². The van der Waals surface area contributed by atoms with Crippen molar-refractivity contribution in [3.05, 3.63) is 88.1 Å². The van der Waals surface area contributed by atoms with Crippen LogP contribution in [0.2, 0.25) is 0 Å². The SMILES string of the molecule is CCCCC(CC)COc1ccc(-c2nc(C3=CCC(CC(CC)CCCC)c4ccccc43)c(C)c(-c3ccc(OCC(CC)CCCC)c(C)c3O)n2)c(O)c1C. The first-order valence-corrected chi connectivity index (χ1v) is 23.2. The fourth-order valence-corrected chi connectivity index (χ4v) is 8.85. The van der Waals surface area contributed by atoms with E-state index in [0.717, 1.165) is 48.9 Å². The first-order valence-electron chi connectivity index (χ1n) is 23.2.